The summed E-state index contributed by atoms with van der Waals surface area (Å²) in [6.45, 7) is 3.58. The van der Waals surface area contributed by atoms with E-state index in [-0.39, 0.29) is 18.0 Å². The van der Waals surface area contributed by atoms with Crippen molar-refractivity contribution >= 4 is 16.7 Å². The van der Waals surface area contributed by atoms with Gasteiger partial charge in [0.25, 0.3) is 5.56 Å². The minimum absolute atomic E-state index is 0.109. The van der Waals surface area contributed by atoms with Crippen LogP contribution in [0.4, 0.5) is 0 Å². The fraction of sp³-hybridized carbons (Fsp3) is 0.333. The highest BCUT2D eigenvalue weighted by Gasteiger charge is 2.13. The lowest BCUT2D eigenvalue weighted by Crippen LogP contribution is -2.35. The molecular weight excluding hydrogens is 356 g/mol. The monoisotopic (exact) mass is 380 g/mol. The number of carbonyl (C=O) groups is 1. The smallest absolute Gasteiger partial charge is 0.275 e. The van der Waals surface area contributed by atoms with Crippen LogP contribution >= 0.6 is 0 Å². The van der Waals surface area contributed by atoms with Crippen LogP contribution in [0.25, 0.3) is 10.8 Å². The maximum absolute atomic E-state index is 12.8. The number of nitrogens with zero attached hydrogens (tertiary/aromatic N) is 3. The lowest BCUT2D eigenvalue weighted by Gasteiger charge is -2.11. The number of rotatable bonds is 9. The van der Waals surface area contributed by atoms with Crippen LogP contribution in [0.5, 0.6) is 0 Å². The number of fused-ring (bicyclic) bond motifs is 1. The second-order valence-electron chi connectivity index (χ2n) is 6.39. The summed E-state index contributed by atoms with van der Waals surface area (Å²) in [4.78, 5) is 29.0. The van der Waals surface area contributed by atoms with Crippen molar-refractivity contribution in [2.24, 2.45) is 0 Å². The average molecular weight is 380 g/mol. The molecule has 0 bridgehead atoms. The van der Waals surface area contributed by atoms with E-state index in [4.69, 9.17) is 4.74 Å². The molecule has 0 radical (unpaired) electrons. The zero-order valence-electron chi connectivity index (χ0n) is 15.9. The first-order valence-electron chi connectivity index (χ1n) is 9.41. The van der Waals surface area contributed by atoms with E-state index in [0.29, 0.717) is 31.6 Å². The highest BCUT2D eigenvalue weighted by Crippen LogP contribution is 2.16. The summed E-state index contributed by atoms with van der Waals surface area (Å²) in [6, 6.07) is 11.2. The standard InChI is InChI=1S/C21H24N4O3/c1-2-28-13-5-10-23-20(26)15-25-21(27)18-7-4-3-6-17(18)19(24-25)14-16-8-11-22-12-9-16/h3-4,6-9,11-12H,2,5,10,13-15H2,1H3,(H,23,26). The van der Waals surface area contributed by atoms with Gasteiger partial charge in [0.15, 0.2) is 0 Å². The third-order valence-corrected chi connectivity index (χ3v) is 4.35. The van der Waals surface area contributed by atoms with Gasteiger partial charge in [-0.25, -0.2) is 4.68 Å². The molecular formula is C21H24N4O3. The summed E-state index contributed by atoms with van der Waals surface area (Å²) in [6.07, 6.45) is 4.73. The average Bonchev–Trinajstić information content (AvgIpc) is 2.72. The fourth-order valence-corrected chi connectivity index (χ4v) is 2.98. The minimum Gasteiger partial charge on any atom is -0.382 e. The van der Waals surface area contributed by atoms with Crippen molar-refractivity contribution in [1.29, 1.82) is 0 Å². The van der Waals surface area contributed by atoms with Gasteiger partial charge in [-0.1, -0.05) is 18.2 Å². The van der Waals surface area contributed by atoms with Gasteiger partial charge in [0.2, 0.25) is 5.91 Å². The Morgan fingerprint density at radius 1 is 1.14 bits per heavy atom. The highest BCUT2D eigenvalue weighted by molar-refractivity contribution is 5.84. The molecule has 2 aromatic heterocycles. The summed E-state index contributed by atoms with van der Waals surface area (Å²) in [5, 5.41) is 8.66. The lowest BCUT2D eigenvalue weighted by molar-refractivity contribution is -0.121. The summed E-state index contributed by atoms with van der Waals surface area (Å²) in [5.41, 5.74) is 1.53. The van der Waals surface area contributed by atoms with Crippen LogP contribution in [-0.2, 0) is 22.5 Å². The van der Waals surface area contributed by atoms with Crippen LogP contribution in [0, 0.1) is 0 Å². The first-order valence-corrected chi connectivity index (χ1v) is 9.41. The SMILES string of the molecule is CCOCCCNC(=O)Cn1nc(Cc2ccncc2)c2ccccc2c1=O. The molecule has 0 unspecified atom stereocenters. The second kappa shape index (κ2) is 9.75. The maximum atomic E-state index is 12.8. The van der Waals surface area contributed by atoms with E-state index in [2.05, 4.69) is 15.4 Å². The van der Waals surface area contributed by atoms with Crippen LogP contribution < -0.4 is 10.9 Å². The van der Waals surface area contributed by atoms with Gasteiger partial charge in [-0.3, -0.25) is 14.6 Å². The number of ether oxygens (including phenoxy) is 1. The van der Waals surface area contributed by atoms with Crippen molar-refractivity contribution in [2.75, 3.05) is 19.8 Å². The first-order chi connectivity index (χ1) is 13.7. The zero-order chi connectivity index (χ0) is 19.8. The van der Waals surface area contributed by atoms with Gasteiger partial charge in [0.1, 0.15) is 6.54 Å². The van der Waals surface area contributed by atoms with E-state index in [9.17, 15) is 9.59 Å². The fourth-order valence-electron chi connectivity index (χ4n) is 2.98. The molecule has 1 amide bonds. The Bertz CT molecular complexity index is 986. The number of hydrogen-bond acceptors (Lipinski definition) is 5. The molecule has 2 heterocycles. The molecule has 0 saturated carbocycles. The van der Waals surface area contributed by atoms with Gasteiger partial charge in [0.05, 0.1) is 11.1 Å². The number of nitrogens with one attached hydrogen (secondary N) is 1. The Balaban J connectivity index is 1.81. The third-order valence-electron chi connectivity index (χ3n) is 4.35. The molecule has 0 fully saturated rings. The maximum Gasteiger partial charge on any atom is 0.275 e. The minimum atomic E-state index is -0.265. The molecule has 7 heteroatoms. The Kier molecular flexibility index (Phi) is 6.86. The second-order valence-corrected chi connectivity index (χ2v) is 6.39. The van der Waals surface area contributed by atoms with Crippen molar-refractivity contribution in [3.05, 3.63) is 70.4 Å². The van der Waals surface area contributed by atoms with Gasteiger partial charge in [0, 0.05) is 44.0 Å². The number of pyridine rings is 1. The van der Waals surface area contributed by atoms with Crippen LogP contribution in [0.15, 0.2) is 53.6 Å². The topological polar surface area (TPSA) is 86.1 Å². The van der Waals surface area contributed by atoms with Gasteiger partial charge < -0.3 is 10.1 Å². The predicted molar refractivity (Wildman–Crippen MR) is 107 cm³/mol. The molecule has 0 aliphatic carbocycles. The normalized spacial score (nSPS) is 10.9. The van der Waals surface area contributed by atoms with Gasteiger partial charge in [-0.05, 0) is 37.1 Å². The quantitative estimate of drug-likeness (QED) is 0.573. The Hall–Kier alpha value is -3.06. The van der Waals surface area contributed by atoms with Crippen LogP contribution in [0.2, 0.25) is 0 Å². The molecule has 0 atom stereocenters. The van der Waals surface area contributed by atoms with E-state index in [0.717, 1.165) is 23.1 Å². The lowest BCUT2D eigenvalue weighted by atomic mass is 10.1. The van der Waals surface area contributed by atoms with Crippen LogP contribution in [-0.4, -0.2) is 40.4 Å². The molecule has 146 valence electrons. The van der Waals surface area contributed by atoms with E-state index in [1.165, 1.54) is 4.68 Å². The molecule has 28 heavy (non-hydrogen) atoms. The van der Waals surface area contributed by atoms with Crippen molar-refractivity contribution < 1.29 is 9.53 Å². The zero-order valence-corrected chi connectivity index (χ0v) is 15.9. The summed E-state index contributed by atoms with van der Waals surface area (Å²) < 4.78 is 6.50. The molecule has 3 rings (SSSR count). The van der Waals surface area contributed by atoms with Gasteiger partial charge in [-0.15, -0.1) is 0 Å². The largest absolute Gasteiger partial charge is 0.382 e. The van der Waals surface area contributed by atoms with Crippen LogP contribution in [0.3, 0.4) is 0 Å². The molecule has 0 aliphatic heterocycles. The Morgan fingerprint density at radius 3 is 2.64 bits per heavy atom. The van der Waals surface area contributed by atoms with Crippen LogP contribution in [0.1, 0.15) is 24.6 Å². The summed E-state index contributed by atoms with van der Waals surface area (Å²) in [7, 11) is 0. The van der Waals surface area contributed by atoms with Crippen molar-refractivity contribution in [1.82, 2.24) is 20.1 Å². The Morgan fingerprint density at radius 2 is 1.89 bits per heavy atom. The summed E-state index contributed by atoms with van der Waals surface area (Å²) in [5.74, 6) is -0.240. The number of amides is 1. The molecule has 0 saturated heterocycles. The number of carbonyl (C=O) groups excluding carboxylic acids is 1. The Labute approximate surface area is 163 Å². The molecule has 1 N–H and O–H groups in total. The summed E-state index contributed by atoms with van der Waals surface area (Å²) >= 11 is 0. The third kappa shape index (κ3) is 5.01. The van der Waals surface area contributed by atoms with E-state index >= 15 is 0 Å². The van der Waals surface area contributed by atoms with E-state index < -0.39 is 0 Å². The number of benzene rings is 1. The van der Waals surface area contributed by atoms with Gasteiger partial charge in [-0.2, -0.15) is 5.10 Å². The molecule has 7 nitrogen and oxygen atoms in total. The molecule has 1 aromatic carbocycles. The number of hydrogen-bond donors (Lipinski definition) is 1. The van der Waals surface area contributed by atoms with Crippen molar-refractivity contribution in [2.45, 2.75) is 26.3 Å². The first kappa shape index (κ1) is 19.7. The molecule has 0 aliphatic rings. The molecule has 0 spiro atoms. The van der Waals surface area contributed by atoms with Gasteiger partial charge >= 0.3 is 0 Å². The highest BCUT2D eigenvalue weighted by atomic mass is 16.5. The van der Waals surface area contributed by atoms with E-state index in [1.807, 2.05) is 37.3 Å². The van der Waals surface area contributed by atoms with E-state index in [1.54, 1.807) is 18.5 Å². The van der Waals surface area contributed by atoms with Crippen molar-refractivity contribution in [3.8, 4) is 0 Å². The molecule has 3 aromatic rings. The van der Waals surface area contributed by atoms with Crippen molar-refractivity contribution in [3.63, 3.8) is 0 Å². The number of aromatic nitrogens is 3. The predicted octanol–water partition coefficient (Wildman–Crippen LogP) is 1.93.